The molecule has 1 N–H and O–H groups in total. The van der Waals surface area contributed by atoms with Gasteiger partial charge < -0.3 is 19.9 Å². The van der Waals surface area contributed by atoms with Crippen LogP contribution in [0, 0.1) is 11.3 Å². The van der Waals surface area contributed by atoms with Gasteiger partial charge in [0.2, 0.25) is 11.8 Å². The number of hydrogen-bond donors (Lipinski definition) is 1. The van der Waals surface area contributed by atoms with Gasteiger partial charge in [0.15, 0.2) is 0 Å². The van der Waals surface area contributed by atoms with Crippen LogP contribution in [0.25, 0.3) is 0 Å². The van der Waals surface area contributed by atoms with E-state index in [1.54, 1.807) is 0 Å². The van der Waals surface area contributed by atoms with Crippen molar-refractivity contribution in [2.45, 2.75) is 40.5 Å². The van der Waals surface area contributed by atoms with E-state index in [9.17, 15) is 9.59 Å². The Bertz CT molecular complexity index is 644. The number of carbonyl (C=O) groups excluding carboxylic acids is 2. The van der Waals surface area contributed by atoms with Gasteiger partial charge in [-0.15, -0.1) is 0 Å². The lowest BCUT2D eigenvalue weighted by atomic mass is 9.84. The van der Waals surface area contributed by atoms with Crippen LogP contribution in [0.2, 0.25) is 0 Å². The normalized spacial score (nSPS) is 16.0. The maximum atomic E-state index is 12.6. The molecular weight excluding hydrogens is 354 g/mol. The quantitative estimate of drug-likeness (QED) is 0.777. The maximum absolute atomic E-state index is 12.6. The van der Waals surface area contributed by atoms with Gasteiger partial charge in [0.05, 0.1) is 0 Å². The monoisotopic (exact) mass is 389 g/mol. The predicted octanol–water partition coefficient (Wildman–Crippen LogP) is 3.38. The van der Waals surface area contributed by atoms with E-state index in [1.165, 1.54) is 7.11 Å². The molecule has 1 aliphatic heterocycles. The number of rotatable bonds is 7. The molecule has 1 heterocycles. The number of methoxy groups -OCH3 is 1. The van der Waals surface area contributed by atoms with E-state index in [4.69, 9.17) is 4.74 Å². The third-order valence-corrected chi connectivity index (χ3v) is 4.91. The Balaban J connectivity index is 1.81. The molecule has 2 rings (SSSR count). The number of benzene rings is 1. The van der Waals surface area contributed by atoms with Crippen molar-refractivity contribution in [3.8, 4) is 0 Å². The summed E-state index contributed by atoms with van der Waals surface area (Å²) in [5, 5.41) is 2.79. The molecule has 1 fully saturated rings. The molecule has 1 unspecified atom stereocenters. The number of nitrogens with zero attached hydrogens (tertiary/aromatic N) is 2. The van der Waals surface area contributed by atoms with Crippen molar-refractivity contribution in [1.82, 2.24) is 4.90 Å². The second-order valence-electron chi connectivity index (χ2n) is 8.97. The molecule has 156 valence electrons. The first-order valence-electron chi connectivity index (χ1n) is 10.1. The van der Waals surface area contributed by atoms with Crippen molar-refractivity contribution in [1.29, 1.82) is 0 Å². The molecule has 2 amide bonds. The summed E-state index contributed by atoms with van der Waals surface area (Å²) in [6, 6.07) is 7.81. The smallest absolute Gasteiger partial charge is 0.250 e. The summed E-state index contributed by atoms with van der Waals surface area (Å²) in [4.78, 5) is 28.4. The third-order valence-electron chi connectivity index (χ3n) is 4.91. The van der Waals surface area contributed by atoms with Crippen molar-refractivity contribution in [3.05, 3.63) is 24.3 Å². The van der Waals surface area contributed by atoms with E-state index in [2.05, 4.69) is 37.9 Å². The second kappa shape index (κ2) is 9.92. The van der Waals surface area contributed by atoms with E-state index in [-0.39, 0.29) is 23.8 Å². The standard InChI is InChI=1S/C22H35N3O3/c1-17(15-22(2,3)4)14-21(27)25-12-10-24(11-13-25)19-8-6-18(7-9-19)23-20(26)16-28-5/h6-9,17H,10-16H2,1-5H3,(H,23,26). The van der Waals surface area contributed by atoms with E-state index < -0.39 is 0 Å². The first kappa shape index (κ1) is 22.2. The predicted molar refractivity (Wildman–Crippen MR) is 114 cm³/mol. The van der Waals surface area contributed by atoms with Crippen LogP contribution < -0.4 is 10.2 Å². The van der Waals surface area contributed by atoms with Gasteiger partial charge >= 0.3 is 0 Å². The summed E-state index contributed by atoms with van der Waals surface area (Å²) < 4.78 is 4.82. The molecule has 0 aromatic heterocycles. The fraction of sp³-hybridized carbons (Fsp3) is 0.636. The lowest BCUT2D eigenvalue weighted by Gasteiger charge is -2.37. The van der Waals surface area contributed by atoms with Gasteiger partial charge in [0.25, 0.3) is 0 Å². The summed E-state index contributed by atoms with van der Waals surface area (Å²) in [7, 11) is 1.50. The highest BCUT2D eigenvalue weighted by molar-refractivity contribution is 5.91. The molecular formula is C22H35N3O3. The molecule has 0 radical (unpaired) electrons. The van der Waals surface area contributed by atoms with Crippen molar-refractivity contribution in [2.24, 2.45) is 11.3 Å². The van der Waals surface area contributed by atoms with Crippen LogP contribution in [-0.2, 0) is 14.3 Å². The van der Waals surface area contributed by atoms with Crippen molar-refractivity contribution in [2.75, 3.05) is 50.1 Å². The first-order chi connectivity index (χ1) is 13.2. The Morgan fingerprint density at radius 2 is 1.71 bits per heavy atom. The fourth-order valence-corrected chi connectivity index (χ4v) is 3.84. The van der Waals surface area contributed by atoms with Crippen molar-refractivity contribution < 1.29 is 14.3 Å². The highest BCUT2D eigenvalue weighted by atomic mass is 16.5. The largest absolute Gasteiger partial charge is 0.375 e. The summed E-state index contributed by atoms with van der Waals surface area (Å²) in [6.07, 6.45) is 1.69. The molecule has 6 nitrogen and oxygen atoms in total. The lowest BCUT2D eigenvalue weighted by molar-refractivity contribution is -0.132. The van der Waals surface area contributed by atoms with E-state index in [0.29, 0.717) is 12.3 Å². The Morgan fingerprint density at radius 1 is 1.11 bits per heavy atom. The van der Waals surface area contributed by atoms with Gasteiger partial charge in [0, 0.05) is 51.1 Å². The minimum absolute atomic E-state index is 0.0477. The van der Waals surface area contributed by atoms with Gasteiger partial charge in [-0.3, -0.25) is 9.59 Å². The lowest BCUT2D eigenvalue weighted by Crippen LogP contribution is -2.49. The highest BCUT2D eigenvalue weighted by Crippen LogP contribution is 2.27. The number of piperazine rings is 1. The molecule has 0 saturated carbocycles. The number of carbonyl (C=O) groups is 2. The van der Waals surface area contributed by atoms with Crippen LogP contribution in [0.5, 0.6) is 0 Å². The van der Waals surface area contributed by atoms with Crippen LogP contribution in [0.15, 0.2) is 24.3 Å². The molecule has 0 bridgehead atoms. The summed E-state index contributed by atoms with van der Waals surface area (Å²) in [6.45, 7) is 12.1. The van der Waals surface area contributed by atoms with Crippen molar-refractivity contribution in [3.63, 3.8) is 0 Å². The van der Waals surface area contributed by atoms with Gasteiger partial charge in [-0.25, -0.2) is 0 Å². The zero-order valence-corrected chi connectivity index (χ0v) is 18.0. The molecule has 28 heavy (non-hydrogen) atoms. The Morgan fingerprint density at radius 3 is 2.25 bits per heavy atom. The molecule has 1 aromatic carbocycles. The number of amides is 2. The maximum Gasteiger partial charge on any atom is 0.250 e. The van der Waals surface area contributed by atoms with E-state index >= 15 is 0 Å². The van der Waals surface area contributed by atoms with Crippen molar-refractivity contribution >= 4 is 23.2 Å². The van der Waals surface area contributed by atoms with E-state index in [1.807, 2.05) is 29.2 Å². The molecule has 1 aromatic rings. The third kappa shape index (κ3) is 7.15. The minimum atomic E-state index is -0.164. The topological polar surface area (TPSA) is 61.9 Å². The minimum Gasteiger partial charge on any atom is -0.375 e. The molecule has 0 spiro atoms. The summed E-state index contributed by atoms with van der Waals surface area (Å²) in [5.41, 5.74) is 2.12. The Hall–Kier alpha value is -2.08. The van der Waals surface area contributed by atoms with Crippen LogP contribution in [0.3, 0.4) is 0 Å². The number of ether oxygens (including phenoxy) is 1. The molecule has 1 saturated heterocycles. The first-order valence-corrected chi connectivity index (χ1v) is 10.1. The fourth-order valence-electron chi connectivity index (χ4n) is 3.84. The van der Waals surface area contributed by atoms with Gasteiger partial charge in [-0.05, 0) is 42.0 Å². The molecule has 1 atom stereocenters. The number of anilines is 2. The average molecular weight is 390 g/mol. The number of hydrogen-bond acceptors (Lipinski definition) is 4. The van der Waals surface area contributed by atoms with Crippen LogP contribution in [0.4, 0.5) is 11.4 Å². The van der Waals surface area contributed by atoms with Crippen LogP contribution >= 0.6 is 0 Å². The Kier molecular flexibility index (Phi) is 7.87. The Labute approximate surface area is 169 Å². The van der Waals surface area contributed by atoms with Gasteiger partial charge in [-0.2, -0.15) is 0 Å². The average Bonchev–Trinajstić information content (AvgIpc) is 2.61. The number of nitrogens with one attached hydrogen (secondary N) is 1. The van der Waals surface area contributed by atoms with E-state index in [0.717, 1.165) is 44.0 Å². The zero-order chi connectivity index (χ0) is 20.7. The van der Waals surface area contributed by atoms with Crippen LogP contribution in [-0.4, -0.2) is 56.6 Å². The van der Waals surface area contributed by atoms with Gasteiger partial charge in [0.1, 0.15) is 6.61 Å². The zero-order valence-electron chi connectivity index (χ0n) is 18.0. The highest BCUT2D eigenvalue weighted by Gasteiger charge is 2.24. The molecule has 1 aliphatic rings. The summed E-state index contributed by atoms with van der Waals surface area (Å²) in [5.74, 6) is 0.516. The molecule has 0 aliphatic carbocycles. The second-order valence-corrected chi connectivity index (χ2v) is 8.97. The van der Waals surface area contributed by atoms with Crippen LogP contribution in [0.1, 0.15) is 40.5 Å². The molecule has 6 heteroatoms. The summed E-state index contributed by atoms with van der Waals surface area (Å²) >= 11 is 0. The SMILES string of the molecule is COCC(=O)Nc1ccc(N2CCN(C(=O)CC(C)CC(C)(C)C)CC2)cc1. The van der Waals surface area contributed by atoms with Gasteiger partial charge in [-0.1, -0.05) is 27.7 Å².